The molecule has 82 heavy (non-hydrogen) atoms. The van der Waals surface area contributed by atoms with E-state index in [2.05, 4.69) is 55.6 Å². The molecule has 0 saturated heterocycles. The first kappa shape index (κ1) is 80.1. The Hall–Kier alpha value is -1.92. The van der Waals surface area contributed by atoms with Crippen molar-refractivity contribution < 1.29 is 24.5 Å². The summed E-state index contributed by atoms with van der Waals surface area (Å²) in [5.74, 6) is -0.0250. The Balaban J connectivity index is 3.39. The number of aliphatic hydroxyl groups excluding tert-OH is 2. The molecule has 0 radical (unpaired) electrons. The summed E-state index contributed by atoms with van der Waals surface area (Å²) >= 11 is 0. The molecule has 0 aromatic rings. The predicted octanol–water partition coefficient (Wildman–Crippen LogP) is 24.3. The van der Waals surface area contributed by atoms with Gasteiger partial charge in [0.2, 0.25) is 5.91 Å². The van der Waals surface area contributed by atoms with Crippen molar-refractivity contribution in [2.45, 2.75) is 424 Å². The molecule has 0 bridgehead atoms. The molecule has 0 saturated carbocycles. The lowest BCUT2D eigenvalue weighted by molar-refractivity contribution is -0.143. The highest BCUT2D eigenvalue weighted by atomic mass is 16.5. The van der Waals surface area contributed by atoms with E-state index in [1.54, 1.807) is 0 Å². The van der Waals surface area contributed by atoms with Gasteiger partial charge in [0, 0.05) is 12.8 Å². The summed E-state index contributed by atoms with van der Waals surface area (Å²) < 4.78 is 5.48. The minimum absolute atomic E-state index is 0.00516. The number of hydrogen-bond donors (Lipinski definition) is 3. The maximum absolute atomic E-state index is 12.5. The molecule has 0 aliphatic rings. The fourth-order valence-electron chi connectivity index (χ4n) is 11.7. The van der Waals surface area contributed by atoms with Crippen LogP contribution in [0.5, 0.6) is 0 Å². The van der Waals surface area contributed by atoms with Gasteiger partial charge in [-0.05, 0) is 83.5 Å². The number of ether oxygens (including phenoxy) is 1. The number of rotatable bonds is 70. The fourth-order valence-corrected chi connectivity index (χ4v) is 11.7. The zero-order valence-corrected chi connectivity index (χ0v) is 55.5. The molecule has 0 aromatic carbocycles. The van der Waals surface area contributed by atoms with E-state index in [9.17, 15) is 19.8 Å². The quantitative estimate of drug-likeness (QED) is 0.0320. The van der Waals surface area contributed by atoms with Crippen LogP contribution < -0.4 is 5.32 Å². The minimum Gasteiger partial charge on any atom is -0.466 e. The highest BCUT2D eigenvalue weighted by molar-refractivity contribution is 5.76. The van der Waals surface area contributed by atoms with Gasteiger partial charge in [-0.3, -0.25) is 9.59 Å². The molecule has 0 aromatic heterocycles. The van der Waals surface area contributed by atoms with Crippen LogP contribution in [0.4, 0.5) is 0 Å². The van der Waals surface area contributed by atoms with Crippen LogP contribution in [0, 0.1) is 0 Å². The van der Waals surface area contributed by atoms with E-state index in [0.29, 0.717) is 25.9 Å². The maximum atomic E-state index is 12.5. The molecular weight excluding hydrogens is 1010 g/mol. The van der Waals surface area contributed by atoms with Crippen molar-refractivity contribution in [3.05, 3.63) is 36.5 Å². The zero-order valence-electron chi connectivity index (χ0n) is 55.5. The number of esters is 1. The van der Waals surface area contributed by atoms with E-state index in [1.807, 2.05) is 0 Å². The Labute approximate surface area is 513 Å². The normalized spacial score (nSPS) is 12.7. The van der Waals surface area contributed by atoms with E-state index in [-0.39, 0.29) is 18.5 Å². The lowest BCUT2D eigenvalue weighted by Crippen LogP contribution is -2.45. The molecule has 6 nitrogen and oxygen atoms in total. The molecule has 2 atom stereocenters. The van der Waals surface area contributed by atoms with Crippen molar-refractivity contribution in [2.75, 3.05) is 13.2 Å². The number of carbonyl (C=O) groups excluding carboxylic acids is 2. The summed E-state index contributed by atoms with van der Waals surface area (Å²) in [5.41, 5.74) is 0. The average molecular weight is 1150 g/mol. The van der Waals surface area contributed by atoms with Crippen LogP contribution in [0.25, 0.3) is 0 Å². The van der Waals surface area contributed by atoms with Gasteiger partial charge in [-0.2, -0.15) is 0 Å². The Kier molecular flexibility index (Phi) is 69.9. The van der Waals surface area contributed by atoms with E-state index in [4.69, 9.17) is 4.74 Å². The number of aliphatic hydroxyl groups is 2. The molecule has 0 heterocycles. The molecule has 6 heteroatoms. The second kappa shape index (κ2) is 71.6. The number of carbonyl (C=O) groups is 2. The number of amides is 1. The van der Waals surface area contributed by atoms with Gasteiger partial charge in [0.25, 0.3) is 0 Å². The predicted molar refractivity (Wildman–Crippen MR) is 361 cm³/mol. The van der Waals surface area contributed by atoms with Crippen LogP contribution >= 0.6 is 0 Å². The number of allylic oxidation sites excluding steroid dienone is 6. The van der Waals surface area contributed by atoms with Crippen LogP contribution in [-0.4, -0.2) is 47.4 Å². The van der Waals surface area contributed by atoms with Gasteiger partial charge >= 0.3 is 5.97 Å². The first-order valence-corrected chi connectivity index (χ1v) is 37.2. The lowest BCUT2D eigenvalue weighted by Gasteiger charge is -2.22. The third kappa shape index (κ3) is 67.2. The van der Waals surface area contributed by atoms with Crippen molar-refractivity contribution in [1.29, 1.82) is 0 Å². The SMILES string of the molecule is CCCCCCC/C=C\CCCCCCCC(=O)OCCCCCCCCCCC/C=C\C/C=C\CCCCCCCCCCCCCCCCCC(=O)NC(CO)C(O)CCCCCCCCCCCCCCCCCCCCCC. The molecule has 0 spiro atoms. The monoisotopic (exact) mass is 1150 g/mol. The first-order valence-electron chi connectivity index (χ1n) is 37.2. The van der Waals surface area contributed by atoms with Gasteiger partial charge in [-0.25, -0.2) is 0 Å². The Morgan fingerprint density at radius 3 is 0.939 bits per heavy atom. The number of nitrogens with one attached hydrogen (secondary N) is 1. The van der Waals surface area contributed by atoms with Gasteiger partial charge in [-0.15, -0.1) is 0 Å². The Morgan fingerprint density at radius 2 is 0.610 bits per heavy atom. The summed E-state index contributed by atoms with van der Waals surface area (Å²) in [4.78, 5) is 24.6. The van der Waals surface area contributed by atoms with E-state index in [0.717, 1.165) is 51.4 Å². The summed E-state index contributed by atoms with van der Waals surface area (Å²) in [6, 6.07) is -0.542. The molecule has 1 amide bonds. The zero-order chi connectivity index (χ0) is 59.2. The third-order valence-corrected chi connectivity index (χ3v) is 17.4. The topological polar surface area (TPSA) is 95.9 Å². The molecule has 0 fully saturated rings. The van der Waals surface area contributed by atoms with Crippen molar-refractivity contribution in [1.82, 2.24) is 5.32 Å². The van der Waals surface area contributed by atoms with Gasteiger partial charge in [0.1, 0.15) is 0 Å². The molecule has 0 aliphatic carbocycles. The van der Waals surface area contributed by atoms with Gasteiger partial charge in [-0.1, -0.05) is 352 Å². The van der Waals surface area contributed by atoms with Crippen molar-refractivity contribution in [3.63, 3.8) is 0 Å². The summed E-state index contributed by atoms with van der Waals surface area (Å²) in [7, 11) is 0. The summed E-state index contributed by atoms with van der Waals surface area (Å²) in [6.45, 7) is 4.98. The average Bonchev–Trinajstić information content (AvgIpc) is 3.48. The molecule has 2 unspecified atom stereocenters. The van der Waals surface area contributed by atoms with Crippen LogP contribution in [0.2, 0.25) is 0 Å². The molecular formula is C76H145NO5. The van der Waals surface area contributed by atoms with Gasteiger partial charge in [0.15, 0.2) is 0 Å². The highest BCUT2D eigenvalue weighted by Crippen LogP contribution is 2.19. The molecule has 0 aliphatic heterocycles. The van der Waals surface area contributed by atoms with Crippen molar-refractivity contribution in [2.24, 2.45) is 0 Å². The molecule has 3 N–H and O–H groups in total. The van der Waals surface area contributed by atoms with E-state index >= 15 is 0 Å². The van der Waals surface area contributed by atoms with Crippen molar-refractivity contribution >= 4 is 11.9 Å². The lowest BCUT2D eigenvalue weighted by atomic mass is 10.0. The Morgan fingerprint density at radius 1 is 0.341 bits per heavy atom. The summed E-state index contributed by atoms with van der Waals surface area (Å²) in [5, 5.41) is 23.4. The first-order chi connectivity index (χ1) is 40.5. The summed E-state index contributed by atoms with van der Waals surface area (Å²) in [6.07, 6.45) is 92.1. The minimum atomic E-state index is -0.665. The number of hydrogen-bond acceptors (Lipinski definition) is 5. The van der Waals surface area contributed by atoms with E-state index in [1.165, 1.54) is 327 Å². The second-order valence-corrected chi connectivity index (χ2v) is 25.6. The van der Waals surface area contributed by atoms with Crippen LogP contribution in [-0.2, 0) is 14.3 Å². The molecule has 484 valence electrons. The van der Waals surface area contributed by atoms with Crippen LogP contribution in [0.15, 0.2) is 36.5 Å². The van der Waals surface area contributed by atoms with Crippen LogP contribution in [0.1, 0.15) is 412 Å². The van der Waals surface area contributed by atoms with Gasteiger partial charge < -0.3 is 20.3 Å². The van der Waals surface area contributed by atoms with Crippen LogP contribution in [0.3, 0.4) is 0 Å². The highest BCUT2D eigenvalue weighted by Gasteiger charge is 2.20. The van der Waals surface area contributed by atoms with E-state index < -0.39 is 12.1 Å². The second-order valence-electron chi connectivity index (χ2n) is 25.6. The Bertz CT molecular complexity index is 1330. The maximum Gasteiger partial charge on any atom is 0.305 e. The van der Waals surface area contributed by atoms with Crippen molar-refractivity contribution in [3.8, 4) is 0 Å². The third-order valence-electron chi connectivity index (χ3n) is 17.4. The largest absolute Gasteiger partial charge is 0.466 e. The van der Waals surface area contributed by atoms with Gasteiger partial charge in [0.05, 0.1) is 25.4 Å². The smallest absolute Gasteiger partial charge is 0.305 e. The fraction of sp³-hybridized carbons (Fsp3) is 0.895. The molecule has 0 rings (SSSR count). The standard InChI is InChI=1S/C76H145NO5/c1-3-5-7-9-11-13-15-17-19-20-21-35-38-41-44-48-52-56-60-64-68-74(79)73(72-78)77-75(80)69-65-61-57-53-49-45-42-39-36-33-31-29-27-25-23-22-24-26-28-30-32-34-37-40-43-47-51-55-59-63-67-71-82-76(81)70-66-62-58-54-50-46-18-16-14-12-10-8-6-4-2/h16,18,24,26,30,32,73-74,78-79H,3-15,17,19-23,25,27-29,31,33-72H2,1-2H3,(H,77,80)/b18-16-,26-24-,32-30-. The number of unbranched alkanes of at least 4 members (excludes halogenated alkanes) is 53.